The van der Waals surface area contributed by atoms with Crippen molar-refractivity contribution in [2.75, 3.05) is 0 Å². The number of carbonyl (C=O) groups is 1. The van der Waals surface area contributed by atoms with Crippen molar-refractivity contribution >= 4 is 29.7 Å². The summed E-state index contributed by atoms with van der Waals surface area (Å²) in [6.07, 6.45) is 7.71. The standard InChI is InChI=1S/C25H34N2O2S.ClH/c1-24(2)13-20(14-25(3,4)27-24)16-5-7-17(8-6-16)21-15-26-22(30-21)18-9-11-19(12-10-18)23(28)29;/h5-8,15,18-20,27H,9-14H2,1-4H3,(H,28,29);1H. The number of rotatable bonds is 4. The quantitative estimate of drug-likeness (QED) is 0.536. The van der Waals surface area contributed by atoms with E-state index < -0.39 is 5.97 Å². The van der Waals surface area contributed by atoms with Crippen molar-refractivity contribution in [3.63, 3.8) is 0 Å². The Morgan fingerprint density at radius 1 is 1.00 bits per heavy atom. The number of halogens is 1. The molecule has 0 amide bonds. The lowest BCUT2D eigenvalue weighted by molar-refractivity contribution is -0.142. The molecule has 1 aliphatic carbocycles. The smallest absolute Gasteiger partial charge is 0.306 e. The van der Waals surface area contributed by atoms with Crippen LogP contribution < -0.4 is 5.32 Å². The van der Waals surface area contributed by atoms with Gasteiger partial charge in [-0.1, -0.05) is 24.3 Å². The molecule has 4 rings (SSSR count). The van der Waals surface area contributed by atoms with Crippen LogP contribution in [0.2, 0.25) is 0 Å². The number of benzene rings is 1. The third-order valence-electron chi connectivity index (χ3n) is 6.81. The molecule has 4 nitrogen and oxygen atoms in total. The number of nitrogens with one attached hydrogen (secondary N) is 1. The van der Waals surface area contributed by atoms with E-state index >= 15 is 0 Å². The molecule has 0 radical (unpaired) electrons. The molecule has 1 saturated heterocycles. The molecule has 2 aliphatic rings. The summed E-state index contributed by atoms with van der Waals surface area (Å²) in [6.45, 7) is 9.21. The molecule has 0 bridgehead atoms. The highest BCUT2D eigenvalue weighted by atomic mass is 35.5. The van der Waals surface area contributed by atoms with Crippen LogP contribution in [0.4, 0.5) is 0 Å². The van der Waals surface area contributed by atoms with Gasteiger partial charge in [-0.15, -0.1) is 23.7 Å². The Morgan fingerprint density at radius 2 is 1.58 bits per heavy atom. The van der Waals surface area contributed by atoms with Crippen molar-refractivity contribution in [1.29, 1.82) is 0 Å². The molecule has 2 N–H and O–H groups in total. The topological polar surface area (TPSA) is 62.2 Å². The lowest BCUT2D eigenvalue weighted by Gasteiger charge is -2.46. The third-order valence-corrected chi connectivity index (χ3v) is 8.01. The van der Waals surface area contributed by atoms with Gasteiger partial charge < -0.3 is 10.4 Å². The average Bonchev–Trinajstić information content (AvgIpc) is 3.16. The van der Waals surface area contributed by atoms with Gasteiger partial charge in [0, 0.05) is 23.2 Å². The van der Waals surface area contributed by atoms with Gasteiger partial charge >= 0.3 is 5.97 Å². The van der Waals surface area contributed by atoms with Gasteiger partial charge in [0.05, 0.1) is 15.8 Å². The Bertz CT molecular complexity index is 883. The van der Waals surface area contributed by atoms with Crippen LogP contribution >= 0.6 is 23.7 Å². The minimum Gasteiger partial charge on any atom is -0.481 e. The molecule has 1 aromatic heterocycles. The van der Waals surface area contributed by atoms with Gasteiger partial charge in [0.1, 0.15) is 0 Å². The number of carboxylic acids is 1. The summed E-state index contributed by atoms with van der Waals surface area (Å²) in [4.78, 5) is 17.1. The maximum atomic E-state index is 11.2. The second kappa shape index (κ2) is 9.21. The van der Waals surface area contributed by atoms with Crippen LogP contribution in [0.3, 0.4) is 0 Å². The second-order valence-corrected chi connectivity index (χ2v) is 11.6. The van der Waals surface area contributed by atoms with Crippen molar-refractivity contribution in [3.8, 4) is 10.4 Å². The molecule has 0 unspecified atom stereocenters. The summed E-state index contributed by atoms with van der Waals surface area (Å²) in [5.74, 6) is 0.177. The molecule has 1 aliphatic heterocycles. The summed E-state index contributed by atoms with van der Waals surface area (Å²) < 4.78 is 0. The average molecular weight is 463 g/mol. The molecular weight excluding hydrogens is 428 g/mol. The second-order valence-electron chi connectivity index (χ2n) is 10.6. The van der Waals surface area contributed by atoms with Crippen molar-refractivity contribution in [2.24, 2.45) is 5.92 Å². The molecular formula is C25H35ClN2O2S. The van der Waals surface area contributed by atoms with Crippen LogP contribution in [0.5, 0.6) is 0 Å². The van der Waals surface area contributed by atoms with Crippen molar-refractivity contribution in [2.45, 2.75) is 89.1 Å². The van der Waals surface area contributed by atoms with Crippen LogP contribution in [-0.2, 0) is 4.79 Å². The lowest BCUT2D eigenvalue weighted by Crippen LogP contribution is -2.57. The van der Waals surface area contributed by atoms with Gasteiger partial charge in [0.25, 0.3) is 0 Å². The van der Waals surface area contributed by atoms with Gasteiger partial charge in [-0.2, -0.15) is 0 Å². The number of carboxylic acid groups (broad SMARTS) is 1. The number of piperidine rings is 1. The van der Waals surface area contributed by atoms with E-state index in [-0.39, 0.29) is 29.4 Å². The van der Waals surface area contributed by atoms with Crippen LogP contribution in [0.1, 0.15) is 88.6 Å². The molecule has 6 heteroatoms. The fourth-order valence-electron chi connectivity index (χ4n) is 5.67. The maximum Gasteiger partial charge on any atom is 0.306 e. The monoisotopic (exact) mass is 462 g/mol. The van der Waals surface area contributed by atoms with Crippen molar-refractivity contribution in [3.05, 3.63) is 41.0 Å². The fraction of sp³-hybridized carbons (Fsp3) is 0.600. The van der Waals surface area contributed by atoms with E-state index in [9.17, 15) is 9.90 Å². The van der Waals surface area contributed by atoms with Gasteiger partial charge in [0.15, 0.2) is 0 Å². The largest absolute Gasteiger partial charge is 0.481 e. The first-order chi connectivity index (χ1) is 14.1. The lowest BCUT2D eigenvalue weighted by atomic mass is 9.73. The highest BCUT2D eigenvalue weighted by Crippen LogP contribution is 2.41. The zero-order valence-electron chi connectivity index (χ0n) is 19.0. The van der Waals surface area contributed by atoms with Crippen LogP contribution in [0.15, 0.2) is 30.5 Å². The summed E-state index contributed by atoms with van der Waals surface area (Å²) in [7, 11) is 0. The predicted octanol–water partition coefficient (Wildman–Crippen LogP) is 6.61. The minimum absolute atomic E-state index is 0. The maximum absolute atomic E-state index is 11.2. The zero-order chi connectivity index (χ0) is 21.5. The first-order valence-electron chi connectivity index (χ1n) is 11.2. The molecule has 31 heavy (non-hydrogen) atoms. The Hall–Kier alpha value is -1.43. The van der Waals surface area contributed by atoms with E-state index in [4.69, 9.17) is 4.98 Å². The number of nitrogens with zero attached hydrogens (tertiary/aromatic N) is 1. The summed E-state index contributed by atoms with van der Waals surface area (Å²) in [5, 5.41) is 14.1. The zero-order valence-corrected chi connectivity index (χ0v) is 20.6. The van der Waals surface area contributed by atoms with E-state index in [0.29, 0.717) is 11.8 Å². The minimum atomic E-state index is -0.645. The van der Waals surface area contributed by atoms with Crippen molar-refractivity contribution < 1.29 is 9.90 Å². The molecule has 2 aromatic rings. The SMILES string of the molecule is CC1(C)CC(c2ccc(-c3cnc(C4CCC(C(=O)O)CC4)s3)cc2)CC(C)(C)N1.Cl. The number of aromatic nitrogens is 1. The third kappa shape index (κ3) is 5.68. The number of hydrogen-bond acceptors (Lipinski definition) is 4. The van der Waals surface area contributed by atoms with Gasteiger partial charge in [-0.25, -0.2) is 4.98 Å². The van der Waals surface area contributed by atoms with Crippen LogP contribution in [-0.4, -0.2) is 27.1 Å². The molecule has 2 fully saturated rings. The highest BCUT2D eigenvalue weighted by molar-refractivity contribution is 7.15. The predicted molar refractivity (Wildman–Crippen MR) is 130 cm³/mol. The molecule has 170 valence electrons. The summed E-state index contributed by atoms with van der Waals surface area (Å²) in [6, 6.07) is 9.09. The van der Waals surface area contributed by atoms with Crippen molar-refractivity contribution in [1.82, 2.24) is 10.3 Å². The number of hydrogen-bond donors (Lipinski definition) is 2. The highest BCUT2D eigenvalue weighted by Gasteiger charge is 2.38. The van der Waals surface area contributed by atoms with Gasteiger partial charge in [0.2, 0.25) is 0 Å². The normalized spacial score (nSPS) is 25.5. The fourth-order valence-corrected chi connectivity index (χ4v) is 6.77. The van der Waals surface area contributed by atoms with Gasteiger partial charge in [-0.05, 0) is 83.3 Å². The van der Waals surface area contributed by atoms with E-state index in [1.54, 1.807) is 11.3 Å². The number of aliphatic carboxylic acids is 1. The molecule has 1 saturated carbocycles. The Morgan fingerprint density at radius 3 is 2.13 bits per heavy atom. The van der Waals surface area contributed by atoms with Gasteiger partial charge in [-0.3, -0.25) is 4.79 Å². The van der Waals surface area contributed by atoms with E-state index in [1.807, 2.05) is 6.20 Å². The molecule has 0 atom stereocenters. The first kappa shape index (κ1) is 24.2. The van der Waals surface area contributed by atoms with E-state index in [0.717, 1.165) is 38.5 Å². The summed E-state index contributed by atoms with van der Waals surface area (Å²) >= 11 is 1.77. The molecule has 2 heterocycles. The van der Waals surface area contributed by atoms with E-state index in [2.05, 4.69) is 57.3 Å². The van der Waals surface area contributed by atoms with Crippen LogP contribution in [0.25, 0.3) is 10.4 Å². The van der Waals surface area contributed by atoms with E-state index in [1.165, 1.54) is 21.0 Å². The Kier molecular flexibility index (Phi) is 7.19. The first-order valence-corrected chi connectivity index (χ1v) is 12.0. The molecule has 1 aromatic carbocycles. The Labute approximate surface area is 196 Å². The number of thiazole rings is 1. The van der Waals surface area contributed by atoms with Crippen LogP contribution in [0, 0.1) is 5.92 Å². The Balaban J connectivity index is 0.00000272. The summed E-state index contributed by atoms with van der Waals surface area (Å²) in [5.41, 5.74) is 2.96. The molecule has 0 spiro atoms.